The van der Waals surface area contributed by atoms with Crippen molar-refractivity contribution in [1.29, 1.82) is 0 Å². The molecule has 1 aliphatic heterocycles. The van der Waals surface area contributed by atoms with Gasteiger partial charge in [-0.05, 0) is 84.5 Å². The molecule has 158 valence electrons. The highest BCUT2D eigenvalue weighted by Crippen LogP contribution is 2.58. The molecule has 0 aromatic rings. The summed E-state index contributed by atoms with van der Waals surface area (Å²) in [5.74, 6) is 0.961. The van der Waals surface area contributed by atoms with Gasteiger partial charge in [0.05, 0.1) is 0 Å². The Morgan fingerprint density at radius 1 is 1.11 bits per heavy atom. The second-order valence-corrected chi connectivity index (χ2v) is 9.46. The lowest BCUT2D eigenvalue weighted by molar-refractivity contribution is -0.134. The number of rotatable bonds is 8. The fourth-order valence-corrected chi connectivity index (χ4v) is 4.90. The first-order valence-electron chi connectivity index (χ1n) is 11.6. The van der Waals surface area contributed by atoms with E-state index in [1.807, 2.05) is 6.92 Å². The molecular weight excluding hydrogens is 334 g/mol. The van der Waals surface area contributed by atoms with Gasteiger partial charge in [0.2, 0.25) is 0 Å². The first kappa shape index (κ1) is 22.8. The Kier molecular flexibility index (Phi) is 9.24. The molecule has 0 atom stereocenters. The van der Waals surface area contributed by atoms with Gasteiger partial charge in [-0.1, -0.05) is 20.3 Å². The summed E-state index contributed by atoms with van der Waals surface area (Å²) in [7, 11) is 2.22. The van der Waals surface area contributed by atoms with E-state index < -0.39 is 0 Å². The van der Waals surface area contributed by atoms with Gasteiger partial charge < -0.3 is 10.2 Å². The molecule has 1 N–H and O–H groups in total. The number of likely N-dealkylation sites (N-methyl/N-ethyl adjacent to an activating group) is 2. The summed E-state index contributed by atoms with van der Waals surface area (Å²) in [6.45, 7) is 14.8. The maximum absolute atomic E-state index is 11.2. The molecule has 0 aromatic heterocycles. The molecule has 2 saturated carbocycles. The van der Waals surface area contributed by atoms with E-state index >= 15 is 0 Å². The summed E-state index contributed by atoms with van der Waals surface area (Å²) >= 11 is 0. The highest BCUT2D eigenvalue weighted by Gasteiger charge is 2.49. The van der Waals surface area contributed by atoms with Crippen LogP contribution in [0.25, 0.3) is 0 Å². The Morgan fingerprint density at radius 2 is 1.74 bits per heavy atom. The van der Waals surface area contributed by atoms with Crippen molar-refractivity contribution in [2.45, 2.75) is 91.1 Å². The maximum Gasteiger partial charge on any atom is 0.135 e. The minimum Gasteiger partial charge on any atom is -0.317 e. The van der Waals surface area contributed by atoms with Crippen molar-refractivity contribution in [1.82, 2.24) is 15.1 Å². The van der Waals surface area contributed by atoms with E-state index in [0.29, 0.717) is 23.2 Å². The zero-order valence-electron chi connectivity index (χ0n) is 18.7. The minimum atomic E-state index is 0.459. The standard InChI is InChI=1S/C13H29N3.C10H16O/c1-5-16(11-10-15(4)12(2)3)13-6-8-14-9-7-13;1-2-9(11)8-6-10(7-8)4-3-5-10/h12-14H,5-11H2,1-4H3;8H,2-7H2,1H3. The second kappa shape index (κ2) is 10.9. The van der Waals surface area contributed by atoms with Crippen molar-refractivity contribution in [3.63, 3.8) is 0 Å². The zero-order chi connectivity index (χ0) is 19.9. The van der Waals surface area contributed by atoms with Crippen molar-refractivity contribution in [2.24, 2.45) is 11.3 Å². The first-order chi connectivity index (χ1) is 12.9. The van der Waals surface area contributed by atoms with Crippen LogP contribution >= 0.6 is 0 Å². The number of hydrogen-bond donors (Lipinski definition) is 1. The number of Topliss-reactive ketones (excluding diaryl/α,β-unsaturated/α-hetero) is 1. The number of piperidine rings is 1. The first-order valence-corrected chi connectivity index (χ1v) is 11.6. The Hall–Kier alpha value is -0.450. The van der Waals surface area contributed by atoms with Gasteiger partial charge >= 0.3 is 0 Å². The average molecular weight is 380 g/mol. The smallest absolute Gasteiger partial charge is 0.135 e. The molecule has 0 bridgehead atoms. The molecule has 0 amide bonds. The summed E-state index contributed by atoms with van der Waals surface area (Å²) < 4.78 is 0. The number of carbonyl (C=O) groups is 1. The van der Waals surface area contributed by atoms with Crippen molar-refractivity contribution in [3.8, 4) is 0 Å². The summed E-state index contributed by atoms with van der Waals surface area (Å²) in [4.78, 5) is 16.3. The third kappa shape index (κ3) is 6.54. The minimum absolute atomic E-state index is 0.459. The third-order valence-electron chi connectivity index (χ3n) is 7.43. The molecule has 1 heterocycles. The van der Waals surface area contributed by atoms with Gasteiger partial charge in [-0.15, -0.1) is 0 Å². The number of nitrogens with one attached hydrogen (secondary N) is 1. The Morgan fingerprint density at radius 3 is 2.19 bits per heavy atom. The summed E-state index contributed by atoms with van der Waals surface area (Å²) in [5.41, 5.74) is 0.676. The van der Waals surface area contributed by atoms with E-state index in [4.69, 9.17) is 0 Å². The van der Waals surface area contributed by atoms with E-state index in [2.05, 4.69) is 42.9 Å². The predicted octanol–water partition coefficient (Wildman–Crippen LogP) is 3.95. The summed E-state index contributed by atoms with van der Waals surface area (Å²) in [6.07, 6.45) is 10.0. The highest BCUT2D eigenvalue weighted by molar-refractivity contribution is 5.81. The molecule has 0 aromatic carbocycles. The van der Waals surface area contributed by atoms with Crippen LogP contribution in [-0.4, -0.2) is 67.4 Å². The van der Waals surface area contributed by atoms with Crippen LogP contribution in [0.2, 0.25) is 0 Å². The van der Waals surface area contributed by atoms with Crippen LogP contribution in [0.4, 0.5) is 0 Å². The van der Waals surface area contributed by atoms with Gasteiger partial charge in [0, 0.05) is 37.5 Å². The fourth-order valence-electron chi connectivity index (χ4n) is 4.90. The van der Waals surface area contributed by atoms with Crippen LogP contribution in [0.3, 0.4) is 0 Å². The molecule has 27 heavy (non-hydrogen) atoms. The van der Waals surface area contributed by atoms with Gasteiger partial charge in [-0.25, -0.2) is 0 Å². The molecule has 0 radical (unpaired) electrons. The van der Waals surface area contributed by atoms with Crippen molar-refractivity contribution in [2.75, 3.05) is 39.8 Å². The van der Waals surface area contributed by atoms with E-state index in [0.717, 1.165) is 12.5 Å². The lowest BCUT2D eigenvalue weighted by atomic mass is 9.51. The van der Waals surface area contributed by atoms with Crippen LogP contribution in [0.5, 0.6) is 0 Å². The number of carbonyl (C=O) groups excluding carboxylic acids is 1. The summed E-state index contributed by atoms with van der Waals surface area (Å²) in [6, 6.07) is 1.47. The molecular formula is C23H45N3O. The predicted molar refractivity (Wildman–Crippen MR) is 115 cm³/mol. The molecule has 3 fully saturated rings. The molecule has 3 aliphatic rings. The monoisotopic (exact) mass is 379 g/mol. The van der Waals surface area contributed by atoms with Gasteiger partial charge in [-0.2, -0.15) is 0 Å². The molecule has 2 aliphatic carbocycles. The fraction of sp³-hybridized carbons (Fsp3) is 0.957. The van der Waals surface area contributed by atoms with Gasteiger partial charge in [0.15, 0.2) is 0 Å². The number of nitrogens with zero attached hydrogens (tertiary/aromatic N) is 2. The molecule has 1 spiro atoms. The Balaban J connectivity index is 0.000000206. The normalized spacial score (nSPS) is 22.5. The van der Waals surface area contributed by atoms with Crippen molar-refractivity contribution < 1.29 is 4.79 Å². The molecule has 0 unspecified atom stereocenters. The SMILES string of the molecule is CCC(=O)C1CC2(CCC2)C1.CCN(CCN(C)C(C)C)C1CCNCC1. The van der Waals surface area contributed by atoms with Crippen LogP contribution in [0, 0.1) is 11.3 Å². The largest absolute Gasteiger partial charge is 0.317 e. The van der Waals surface area contributed by atoms with Crippen LogP contribution < -0.4 is 5.32 Å². The van der Waals surface area contributed by atoms with E-state index in [1.54, 1.807) is 0 Å². The second-order valence-electron chi connectivity index (χ2n) is 9.46. The van der Waals surface area contributed by atoms with Crippen molar-refractivity contribution >= 4 is 5.78 Å². The van der Waals surface area contributed by atoms with Crippen LogP contribution in [-0.2, 0) is 4.79 Å². The van der Waals surface area contributed by atoms with Crippen LogP contribution in [0.15, 0.2) is 0 Å². The average Bonchev–Trinajstić information content (AvgIpc) is 2.60. The molecule has 3 rings (SSSR count). The van der Waals surface area contributed by atoms with Crippen molar-refractivity contribution in [3.05, 3.63) is 0 Å². The topological polar surface area (TPSA) is 35.6 Å². The number of hydrogen-bond acceptors (Lipinski definition) is 4. The number of ketones is 1. The van der Waals surface area contributed by atoms with E-state index in [9.17, 15) is 4.79 Å². The zero-order valence-corrected chi connectivity index (χ0v) is 18.7. The van der Waals surface area contributed by atoms with Gasteiger partial charge in [0.1, 0.15) is 5.78 Å². The lowest BCUT2D eigenvalue weighted by Gasteiger charge is -2.53. The maximum atomic E-state index is 11.2. The van der Waals surface area contributed by atoms with Crippen LogP contribution in [0.1, 0.15) is 79.1 Å². The Bertz CT molecular complexity index is 433. The van der Waals surface area contributed by atoms with E-state index in [1.165, 1.54) is 77.7 Å². The molecule has 4 heteroatoms. The lowest BCUT2D eigenvalue weighted by Crippen LogP contribution is -2.46. The molecule has 4 nitrogen and oxygen atoms in total. The molecule has 1 saturated heterocycles. The quantitative estimate of drug-likeness (QED) is 0.693. The Labute approximate surface area is 168 Å². The van der Waals surface area contributed by atoms with Gasteiger partial charge in [0.25, 0.3) is 0 Å². The summed E-state index contributed by atoms with van der Waals surface area (Å²) in [5, 5.41) is 3.44. The van der Waals surface area contributed by atoms with Gasteiger partial charge in [-0.3, -0.25) is 9.69 Å². The van der Waals surface area contributed by atoms with E-state index in [-0.39, 0.29) is 0 Å². The highest BCUT2D eigenvalue weighted by atomic mass is 16.1. The third-order valence-corrected chi connectivity index (χ3v) is 7.43.